The van der Waals surface area contributed by atoms with Crippen LogP contribution in [-0.2, 0) is 6.42 Å². The van der Waals surface area contributed by atoms with Crippen LogP contribution in [0.1, 0.15) is 150 Å². The van der Waals surface area contributed by atoms with Gasteiger partial charge in [-0.25, -0.2) is 29.9 Å². The number of nitrogens with zero attached hydrogens (tertiary/aromatic N) is 10. The van der Waals surface area contributed by atoms with Gasteiger partial charge < -0.3 is 36.0 Å². The Bertz CT molecular complexity index is 3630. The Hall–Kier alpha value is -11.0. The monoisotopic (exact) mass is 1500 g/mol. The summed E-state index contributed by atoms with van der Waals surface area (Å²) in [5.74, 6) is 3.75. The van der Waals surface area contributed by atoms with Crippen LogP contribution in [0.15, 0.2) is 280 Å². The number of fused-ring (bicyclic) bond motifs is 8. The van der Waals surface area contributed by atoms with Gasteiger partial charge in [0, 0.05) is 93.2 Å². The molecule has 4 aromatic carbocycles. The van der Waals surface area contributed by atoms with Crippen LogP contribution in [0.4, 0.5) is 23.1 Å². The van der Waals surface area contributed by atoms with E-state index in [1.807, 2.05) is 321 Å². The fourth-order valence-electron chi connectivity index (χ4n) is 8.38. The molecule has 19 heteroatoms. The van der Waals surface area contributed by atoms with Gasteiger partial charge >= 0.3 is 0 Å². The minimum Gasteiger partial charge on any atom is -0.488 e. The highest BCUT2D eigenvalue weighted by Crippen LogP contribution is 2.23. The van der Waals surface area contributed by atoms with Crippen LogP contribution in [0.5, 0.6) is 5.75 Å². The van der Waals surface area contributed by atoms with Crippen molar-refractivity contribution in [2.75, 3.05) is 54.1 Å². The lowest BCUT2D eigenvalue weighted by Gasteiger charge is -2.17. The number of thiophene rings is 1. The molecule has 0 atom stereocenters. The van der Waals surface area contributed by atoms with Crippen molar-refractivity contribution in [3.63, 3.8) is 0 Å². The second-order valence-electron chi connectivity index (χ2n) is 18.7. The highest BCUT2D eigenvalue weighted by Gasteiger charge is 2.09. The molecule has 17 nitrogen and oxygen atoms in total. The molecule has 0 fully saturated rings. The number of ether oxygens (including phenoxy) is 1. The standard InChI is InChI=1S/2C9H7N.C8H10N2.C7H9N3.C7H8N2O.C7H6N2.2C7H5NS.C5H5N.C3H4N2.10C2H6/c1-2-6-9-8(4-1)5-3-7-10-9;1-2-4-9-7-10-6-5-8(9)3-1;1-3-7-4-2-6-10-8(7)9-5-1;1-2-6-7(9-3-1)10-5-4-8-6;1-2-6-7(8-3-1)9-4-5-10-6;1-2-4-7-6(3-1)8-5-9-7;1-2-7-6(8-4-1)3-5-9-7;1-2-4-7-6(3-1)8-5-9-7;1-2-4-6-5-3-1;1-2-5-3-4-1;10*1-2/h2*1-7H;1,3,5H,2,4,6H2,(H,9,10);1-3,8H,4-5H2,(H,9,10);1-3H,4-5H2,(H,8,9);1-5H,(H,8,9);2*1-5H;1-5H;1-3H,(H,4,5);10*1-2H3. The smallest absolute Gasteiger partial charge is 0.168 e. The summed E-state index contributed by atoms with van der Waals surface area (Å²) in [4.78, 5) is 46.2. The first-order valence-corrected chi connectivity index (χ1v) is 40.2. The number of benzene rings is 4. The van der Waals surface area contributed by atoms with E-state index >= 15 is 0 Å². The van der Waals surface area contributed by atoms with Crippen LogP contribution in [0.25, 0.3) is 53.1 Å². The molecule has 18 rings (SSSR count). The zero-order valence-electron chi connectivity index (χ0n) is 68.2. The number of aryl methyl sites for hydroxylation is 1. The molecule has 0 bridgehead atoms. The maximum absolute atomic E-state index is 5.30. The summed E-state index contributed by atoms with van der Waals surface area (Å²) < 4.78 is 7.82. The molecule has 580 valence electrons. The predicted octanol–water partition coefficient (Wildman–Crippen LogP) is 25.6. The van der Waals surface area contributed by atoms with Gasteiger partial charge in [0.2, 0.25) is 0 Å². The average molecular weight is 1500 g/mol. The molecule has 6 N–H and O–H groups in total. The summed E-state index contributed by atoms with van der Waals surface area (Å²) in [5.41, 5.74) is 9.71. The van der Waals surface area contributed by atoms with Gasteiger partial charge in [-0.3, -0.25) is 19.9 Å². The summed E-state index contributed by atoms with van der Waals surface area (Å²) in [5, 5.41) is 18.5. The van der Waals surface area contributed by atoms with Crippen LogP contribution in [0, 0.1) is 0 Å². The van der Waals surface area contributed by atoms with Crippen molar-refractivity contribution in [1.82, 2.24) is 59.8 Å². The van der Waals surface area contributed by atoms with Gasteiger partial charge in [0.05, 0.1) is 67.4 Å². The number of pyridine rings is 7. The Morgan fingerprint density at radius 3 is 1.45 bits per heavy atom. The van der Waals surface area contributed by atoms with Gasteiger partial charge in [0.1, 0.15) is 18.2 Å². The number of aromatic amines is 2. The third-order valence-electron chi connectivity index (χ3n) is 12.6. The quantitative estimate of drug-likeness (QED) is 0.0832. The van der Waals surface area contributed by atoms with Crippen molar-refractivity contribution in [3.05, 3.63) is 285 Å². The lowest BCUT2D eigenvalue weighted by Crippen LogP contribution is -2.21. The molecule has 3 aliphatic heterocycles. The molecule has 0 amide bonds. The van der Waals surface area contributed by atoms with E-state index in [0.717, 1.165) is 89.3 Å². The summed E-state index contributed by atoms with van der Waals surface area (Å²) in [6, 6.07) is 62.0. The van der Waals surface area contributed by atoms with E-state index < -0.39 is 0 Å². The highest BCUT2D eigenvalue weighted by atomic mass is 32.1. The van der Waals surface area contributed by atoms with Gasteiger partial charge in [-0.15, -0.1) is 22.7 Å². The highest BCUT2D eigenvalue weighted by molar-refractivity contribution is 7.17. The predicted molar refractivity (Wildman–Crippen MR) is 476 cm³/mol. The molecule has 11 aromatic heterocycles. The Balaban J connectivity index is 0. The van der Waals surface area contributed by atoms with Crippen LogP contribution in [0.3, 0.4) is 0 Å². The summed E-state index contributed by atoms with van der Waals surface area (Å²) in [6.07, 6.45) is 25.4. The molecule has 0 saturated heterocycles. The topological polar surface area (TPSA) is 218 Å². The van der Waals surface area contributed by atoms with E-state index in [-0.39, 0.29) is 0 Å². The van der Waals surface area contributed by atoms with E-state index in [0.29, 0.717) is 0 Å². The number of imidazole rings is 2. The third-order valence-corrected chi connectivity index (χ3v) is 14.3. The summed E-state index contributed by atoms with van der Waals surface area (Å²) in [6.45, 7) is 44.6. The maximum Gasteiger partial charge on any atom is 0.168 e. The maximum atomic E-state index is 5.30. The van der Waals surface area contributed by atoms with E-state index in [9.17, 15) is 0 Å². The SMILES string of the molecule is CC.CC.CC.CC.CC.CC.CC.CC.CC.CC.c1c[nH]cn1.c1ccc2[nH]cnc2c1.c1ccc2cnccc2c1.c1ccc2ncccc2c1.c1ccc2scnc2c1.c1ccncc1.c1cnc2c(c1)CCCN2.c1cnc2c(c1)NCCN2.c1cnc2c(c1)OCCN2.c1cnc2ccsc2c1. The number of rotatable bonds is 0. The first-order chi connectivity index (χ1) is 53.7. The fraction of sp³-hybridized carbons (Fsp3) is 0.303. The van der Waals surface area contributed by atoms with Crippen molar-refractivity contribution in [2.24, 2.45) is 0 Å². The number of hydrogen-bond donors (Lipinski definition) is 6. The van der Waals surface area contributed by atoms with Crippen molar-refractivity contribution in [2.45, 2.75) is 151 Å². The normalized spacial score (nSPS) is 9.96. The number of H-pyrrole nitrogens is 2. The molecule has 0 aliphatic carbocycles. The van der Waals surface area contributed by atoms with E-state index in [1.54, 1.807) is 72.5 Å². The lowest BCUT2D eigenvalue weighted by molar-refractivity contribution is 0.321. The van der Waals surface area contributed by atoms with Gasteiger partial charge in [-0.05, 0) is 138 Å². The van der Waals surface area contributed by atoms with E-state index in [1.165, 1.54) is 44.0 Å². The van der Waals surface area contributed by atoms with Crippen molar-refractivity contribution >= 4 is 99.0 Å². The minimum atomic E-state index is 0.735. The number of anilines is 4. The zero-order valence-corrected chi connectivity index (χ0v) is 69.8. The number of hydrogen-bond acceptors (Lipinski definition) is 17. The van der Waals surface area contributed by atoms with Crippen LogP contribution in [0.2, 0.25) is 0 Å². The van der Waals surface area contributed by atoms with Gasteiger partial charge in [0.25, 0.3) is 0 Å². The second kappa shape index (κ2) is 72.9. The number of nitrogens with one attached hydrogen (secondary N) is 6. The molecule has 0 spiro atoms. The third kappa shape index (κ3) is 42.2. The average Bonchev–Trinajstić information content (AvgIpc) is 1.88. The Morgan fingerprint density at radius 2 is 0.861 bits per heavy atom. The van der Waals surface area contributed by atoms with Crippen LogP contribution < -0.4 is 26.0 Å². The molecule has 15 aromatic rings. The molecule has 14 heterocycles. The molecule has 3 aliphatic rings. The fourth-order valence-corrected chi connectivity index (χ4v) is 9.80. The first-order valence-electron chi connectivity index (χ1n) is 38.5. The zero-order chi connectivity index (χ0) is 80.1. The molecular formula is C89H126N16OS2. The molecular weight excluding hydrogens is 1370 g/mol. The largest absolute Gasteiger partial charge is 0.488 e. The number of para-hydroxylation sites is 4. The second-order valence-corrected chi connectivity index (χ2v) is 20.5. The molecule has 0 saturated carbocycles. The lowest BCUT2D eigenvalue weighted by atomic mass is 10.1. The minimum absolute atomic E-state index is 0.735. The summed E-state index contributed by atoms with van der Waals surface area (Å²) >= 11 is 3.40. The molecule has 0 unspecified atom stereocenters. The van der Waals surface area contributed by atoms with Gasteiger partial charge in [-0.1, -0.05) is 223 Å². The van der Waals surface area contributed by atoms with Gasteiger partial charge in [-0.2, -0.15) is 0 Å². The van der Waals surface area contributed by atoms with E-state index in [2.05, 4.69) is 129 Å². The summed E-state index contributed by atoms with van der Waals surface area (Å²) in [7, 11) is 0. The Morgan fingerprint density at radius 1 is 0.333 bits per heavy atom. The van der Waals surface area contributed by atoms with Crippen molar-refractivity contribution < 1.29 is 4.74 Å². The van der Waals surface area contributed by atoms with Crippen LogP contribution >= 0.6 is 22.7 Å². The number of thiazole rings is 1. The van der Waals surface area contributed by atoms with Crippen LogP contribution in [-0.4, -0.2) is 92.6 Å². The Labute approximate surface area is 656 Å². The molecule has 0 radical (unpaired) electrons. The number of aromatic nitrogens is 12. The van der Waals surface area contributed by atoms with Gasteiger partial charge in [0.15, 0.2) is 11.6 Å². The molecule has 108 heavy (non-hydrogen) atoms. The first kappa shape index (κ1) is 99.0. The van der Waals surface area contributed by atoms with Crippen molar-refractivity contribution in [3.8, 4) is 5.75 Å². The Kier molecular flexibility index (Phi) is 66.9. The van der Waals surface area contributed by atoms with Crippen molar-refractivity contribution in [1.29, 1.82) is 0 Å². The van der Waals surface area contributed by atoms with E-state index in [4.69, 9.17) is 4.74 Å².